The van der Waals surface area contributed by atoms with Crippen molar-refractivity contribution in [3.8, 4) is 17.5 Å². The highest BCUT2D eigenvalue weighted by atomic mass is 35.5. The van der Waals surface area contributed by atoms with Gasteiger partial charge in [0.2, 0.25) is 0 Å². The molecule has 3 aromatic heterocycles. The van der Waals surface area contributed by atoms with Gasteiger partial charge in [-0.15, -0.1) is 0 Å². The Kier molecular flexibility index (Phi) is 7.17. The van der Waals surface area contributed by atoms with Crippen LogP contribution in [-0.4, -0.2) is 24.5 Å². The quantitative estimate of drug-likeness (QED) is 0.289. The van der Waals surface area contributed by atoms with Crippen LogP contribution >= 0.6 is 11.6 Å². The minimum absolute atomic E-state index is 0.0796. The number of hydrogen-bond donors (Lipinski definition) is 2. The first kappa shape index (κ1) is 25.8. The van der Waals surface area contributed by atoms with Crippen LogP contribution in [-0.2, 0) is 0 Å². The van der Waals surface area contributed by atoms with Gasteiger partial charge in [0, 0.05) is 11.8 Å². The maximum atomic E-state index is 13.7. The van der Waals surface area contributed by atoms with E-state index in [1.165, 1.54) is 29.2 Å². The Morgan fingerprint density at radius 2 is 1.82 bits per heavy atom. The summed E-state index contributed by atoms with van der Waals surface area (Å²) in [4.78, 5) is 30.7. The van der Waals surface area contributed by atoms with E-state index >= 15 is 0 Å². The first-order chi connectivity index (χ1) is 18.8. The van der Waals surface area contributed by atoms with Gasteiger partial charge in [-0.2, -0.15) is 0 Å². The number of nitrogens with one attached hydrogen (secondary N) is 1. The summed E-state index contributed by atoms with van der Waals surface area (Å²) < 4.78 is 27.7. The fourth-order valence-corrected chi connectivity index (χ4v) is 4.25. The number of halogens is 3. The Morgan fingerprint density at radius 3 is 2.59 bits per heavy atom. The average Bonchev–Trinajstić information content (AvgIpc) is 2.93. The van der Waals surface area contributed by atoms with Crippen LogP contribution in [0.1, 0.15) is 42.0 Å². The van der Waals surface area contributed by atoms with E-state index in [1.54, 1.807) is 37.3 Å². The lowest BCUT2D eigenvalue weighted by Gasteiger charge is -2.21. The molecule has 8 nitrogen and oxygen atoms in total. The van der Waals surface area contributed by atoms with Crippen LogP contribution in [0.2, 0.25) is 5.02 Å². The number of nitrogens with zero attached hydrogens (tertiary/aromatic N) is 5. The van der Waals surface area contributed by atoms with Crippen molar-refractivity contribution in [1.29, 1.82) is 0 Å². The largest absolute Gasteiger partial charge is 0.382 e. The van der Waals surface area contributed by atoms with Crippen molar-refractivity contribution < 1.29 is 8.78 Å². The van der Waals surface area contributed by atoms with E-state index in [0.717, 1.165) is 0 Å². The van der Waals surface area contributed by atoms with Crippen LogP contribution in [0.4, 0.5) is 20.4 Å². The SMILES string of the molecule is CC(Nc1ncnc(N)c1C#Cc1cc(C(F)F)ccn1)c1nc2cccc(Cl)c2c(=O)n1-c1ccccc1. The first-order valence-corrected chi connectivity index (χ1v) is 12.1. The van der Waals surface area contributed by atoms with Gasteiger partial charge < -0.3 is 11.1 Å². The van der Waals surface area contributed by atoms with Crippen LogP contribution < -0.4 is 16.6 Å². The predicted molar refractivity (Wildman–Crippen MR) is 146 cm³/mol. The third kappa shape index (κ3) is 5.26. The Bertz CT molecular complexity index is 1800. The van der Waals surface area contributed by atoms with E-state index < -0.39 is 12.5 Å². The summed E-state index contributed by atoms with van der Waals surface area (Å²) in [5.74, 6) is 6.33. The summed E-state index contributed by atoms with van der Waals surface area (Å²) in [6, 6.07) is 16.0. The first-order valence-electron chi connectivity index (χ1n) is 11.7. The Morgan fingerprint density at radius 1 is 1.03 bits per heavy atom. The zero-order valence-electron chi connectivity index (χ0n) is 20.4. The van der Waals surface area contributed by atoms with Crippen molar-refractivity contribution in [3.05, 3.63) is 111 Å². The number of rotatable bonds is 5. The second-order valence-corrected chi connectivity index (χ2v) is 8.86. The summed E-state index contributed by atoms with van der Waals surface area (Å²) >= 11 is 6.37. The number of nitrogens with two attached hydrogens (primary N) is 1. The van der Waals surface area contributed by atoms with Crippen molar-refractivity contribution in [3.63, 3.8) is 0 Å². The van der Waals surface area contributed by atoms with Gasteiger partial charge in [0.05, 0.1) is 27.7 Å². The van der Waals surface area contributed by atoms with Gasteiger partial charge in [0.1, 0.15) is 35.0 Å². The van der Waals surface area contributed by atoms with Crippen LogP contribution in [0.3, 0.4) is 0 Å². The number of fused-ring (bicyclic) bond motifs is 1. The predicted octanol–water partition coefficient (Wildman–Crippen LogP) is 5.32. The smallest absolute Gasteiger partial charge is 0.267 e. The minimum atomic E-state index is -2.65. The molecule has 0 amide bonds. The van der Waals surface area contributed by atoms with Crippen LogP contribution in [0, 0.1) is 11.8 Å². The van der Waals surface area contributed by atoms with E-state index in [4.69, 9.17) is 22.3 Å². The summed E-state index contributed by atoms with van der Waals surface area (Å²) in [7, 11) is 0. The maximum absolute atomic E-state index is 13.7. The second kappa shape index (κ2) is 10.8. The molecule has 5 rings (SSSR count). The molecule has 0 bridgehead atoms. The molecule has 194 valence electrons. The highest BCUT2D eigenvalue weighted by molar-refractivity contribution is 6.35. The summed E-state index contributed by atoms with van der Waals surface area (Å²) in [5.41, 5.74) is 7.00. The number of aromatic nitrogens is 5. The van der Waals surface area contributed by atoms with Gasteiger partial charge in [-0.3, -0.25) is 9.36 Å². The molecule has 2 aromatic carbocycles. The second-order valence-electron chi connectivity index (χ2n) is 8.45. The van der Waals surface area contributed by atoms with Crippen molar-refractivity contribution in [2.24, 2.45) is 0 Å². The topological polar surface area (TPSA) is 112 Å². The van der Waals surface area contributed by atoms with Gasteiger partial charge in [-0.05, 0) is 49.2 Å². The molecule has 5 aromatic rings. The zero-order chi connectivity index (χ0) is 27.5. The number of hydrogen-bond acceptors (Lipinski definition) is 7. The summed E-state index contributed by atoms with van der Waals surface area (Å²) in [6.07, 6.45) is -0.121. The molecular formula is C28H20ClF2N7O. The van der Waals surface area contributed by atoms with Crippen LogP contribution in [0.25, 0.3) is 16.6 Å². The Hall–Kier alpha value is -4.88. The molecule has 1 unspecified atom stereocenters. The monoisotopic (exact) mass is 543 g/mol. The Balaban J connectivity index is 1.59. The zero-order valence-corrected chi connectivity index (χ0v) is 21.2. The highest BCUT2D eigenvalue weighted by Gasteiger charge is 2.21. The van der Waals surface area contributed by atoms with Gasteiger partial charge in [0.15, 0.2) is 0 Å². The molecule has 0 saturated carbocycles. The molecule has 0 spiro atoms. The van der Waals surface area contributed by atoms with E-state index in [0.29, 0.717) is 27.4 Å². The lowest BCUT2D eigenvalue weighted by atomic mass is 10.2. The van der Waals surface area contributed by atoms with E-state index in [1.807, 2.05) is 18.2 Å². The van der Waals surface area contributed by atoms with Crippen molar-refractivity contribution in [1.82, 2.24) is 24.5 Å². The molecule has 0 aliphatic heterocycles. The maximum Gasteiger partial charge on any atom is 0.267 e. The molecule has 0 radical (unpaired) electrons. The average molecular weight is 544 g/mol. The van der Waals surface area contributed by atoms with Gasteiger partial charge in [0.25, 0.3) is 12.0 Å². The molecule has 3 heterocycles. The number of benzene rings is 2. The van der Waals surface area contributed by atoms with Crippen LogP contribution in [0.15, 0.2) is 78.0 Å². The third-order valence-corrected chi connectivity index (χ3v) is 6.17. The third-order valence-electron chi connectivity index (χ3n) is 5.86. The molecule has 0 fully saturated rings. The lowest BCUT2D eigenvalue weighted by Crippen LogP contribution is -2.27. The normalized spacial score (nSPS) is 11.7. The molecule has 0 aliphatic rings. The summed E-state index contributed by atoms with van der Waals surface area (Å²) in [5, 5.41) is 3.82. The number of alkyl halides is 2. The molecule has 1 atom stereocenters. The minimum Gasteiger partial charge on any atom is -0.382 e. The number of anilines is 2. The fraction of sp³-hybridized carbons (Fsp3) is 0.107. The van der Waals surface area contributed by atoms with E-state index in [2.05, 4.69) is 32.1 Å². The number of nitrogen functional groups attached to an aromatic ring is 1. The van der Waals surface area contributed by atoms with Crippen molar-refractivity contribution in [2.75, 3.05) is 11.1 Å². The van der Waals surface area contributed by atoms with Crippen molar-refractivity contribution in [2.45, 2.75) is 19.4 Å². The van der Waals surface area contributed by atoms with Gasteiger partial charge >= 0.3 is 0 Å². The molecule has 11 heteroatoms. The lowest BCUT2D eigenvalue weighted by molar-refractivity contribution is 0.151. The van der Waals surface area contributed by atoms with Crippen molar-refractivity contribution >= 4 is 34.1 Å². The molecule has 3 N–H and O–H groups in total. The van der Waals surface area contributed by atoms with Gasteiger partial charge in [-0.25, -0.2) is 28.7 Å². The van der Waals surface area contributed by atoms with Gasteiger partial charge in [-0.1, -0.05) is 41.8 Å². The fourth-order valence-electron chi connectivity index (χ4n) is 4.00. The highest BCUT2D eigenvalue weighted by Crippen LogP contribution is 2.26. The standard InChI is InChI=1S/C28H20ClF2N7O/c1-16(27-37-22-9-5-8-21(29)23(22)28(39)38(27)19-6-3-2-4-7-19)36-26-20(25(32)34-15-35-26)11-10-18-14-17(24(30)31)12-13-33-18/h2-9,12-16,24H,1H3,(H3,32,34,35,36). The molecular weight excluding hydrogens is 524 g/mol. The Labute approximate surface area is 226 Å². The summed E-state index contributed by atoms with van der Waals surface area (Å²) in [6.45, 7) is 1.81. The molecule has 39 heavy (non-hydrogen) atoms. The van der Waals surface area contributed by atoms with E-state index in [9.17, 15) is 13.6 Å². The number of pyridine rings is 1. The van der Waals surface area contributed by atoms with E-state index in [-0.39, 0.29) is 34.0 Å². The number of para-hydroxylation sites is 1. The molecule has 0 aliphatic carbocycles. The molecule has 0 saturated heterocycles. The van der Waals surface area contributed by atoms with Crippen LogP contribution in [0.5, 0.6) is 0 Å².